The van der Waals surface area contributed by atoms with Crippen molar-refractivity contribution in [2.24, 2.45) is 11.7 Å². The molecule has 3 atom stereocenters. The zero-order valence-corrected chi connectivity index (χ0v) is 16.8. The van der Waals surface area contributed by atoms with E-state index in [9.17, 15) is 4.79 Å². The largest absolute Gasteiger partial charge is 0.332 e. The first-order valence-corrected chi connectivity index (χ1v) is 9.20. The summed E-state index contributed by atoms with van der Waals surface area (Å²) in [5, 5.41) is 0. The lowest BCUT2D eigenvalue weighted by Gasteiger charge is -2.27. The van der Waals surface area contributed by atoms with Gasteiger partial charge < -0.3 is 15.2 Å². The van der Waals surface area contributed by atoms with E-state index in [1.54, 1.807) is 0 Å². The summed E-state index contributed by atoms with van der Waals surface area (Å²) in [5.41, 5.74) is 8.21. The van der Waals surface area contributed by atoms with E-state index < -0.39 is 0 Å². The number of amides is 1. The highest BCUT2D eigenvalue weighted by molar-refractivity contribution is 5.85. The fourth-order valence-electron chi connectivity index (χ4n) is 4.46. The first-order valence-electron chi connectivity index (χ1n) is 9.20. The standard InChI is InChI=1S/C19H26N4O.2ClH/c1-2-22-16-7-4-3-6-15(16)21-18(22)17-8-5-11-23(17)19(24)13-9-10-14(20)12-13;;/h3-4,6-7,13-14,17H,2,5,8-12,20H2,1H3;2*1H. The molecule has 1 saturated heterocycles. The molecule has 5 nitrogen and oxygen atoms in total. The predicted octanol–water partition coefficient (Wildman–Crippen LogP) is 3.69. The Morgan fingerprint density at radius 2 is 2.00 bits per heavy atom. The summed E-state index contributed by atoms with van der Waals surface area (Å²) < 4.78 is 2.27. The first-order chi connectivity index (χ1) is 11.7. The highest BCUT2D eigenvalue weighted by Crippen LogP contribution is 2.36. The fourth-order valence-corrected chi connectivity index (χ4v) is 4.46. The van der Waals surface area contributed by atoms with Gasteiger partial charge in [-0.25, -0.2) is 4.98 Å². The Balaban J connectivity index is 0.00000121. The van der Waals surface area contributed by atoms with Crippen LogP contribution in [0.5, 0.6) is 0 Å². The number of para-hydroxylation sites is 2. The topological polar surface area (TPSA) is 64.2 Å². The summed E-state index contributed by atoms with van der Waals surface area (Å²) in [5.74, 6) is 1.45. The van der Waals surface area contributed by atoms with Crippen molar-refractivity contribution in [2.75, 3.05) is 6.54 Å². The molecular formula is C19H28Cl2N4O. The van der Waals surface area contributed by atoms with Crippen LogP contribution in [0.2, 0.25) is 0 Å². The molecule has 0 radical (unpaired) electrons. The Morgan fingerprint density at radius 1 is 1.23 bits per heavy atom. The Kier molecular flexibility index (Phi) is 6.94. The molecule has 2 aliphatic rings. The number of likely N-dealkylation sites (tertiary alicyclic amines) is 1. The van der Waals surface area contributed by atoms with Gasteiger partial charge in [-0.1, -0.05) is 12.1 Å². The summed E-state index contributed by atoms with van der Waals surface area (Å²) in [6.45, 7) is 3.87. The molecule has 2 fully saturated rings. The maximum atomic E-state index is 13.0. The number of fused-ring (bicyclic) bond motifs is 1. The van der Waals surface area contributed by atoms with Gasteiger partial charge in [0.2, 0.25) is 5.91 Å². The number of hydrogen-bond donors (Lipinski definition) is 1. The SMILES string of the molecule is CCn1c(C2CCCN2C(=O)C2CCC(N)C2)nc2ccccc21.Cl.Cl. The van der Waals surface area contributed by atoms with Crippen molar-refractivity contribution in [1.82, 2.24) is 14.5 Å². The Hall–Kier alpha value is -1.30. The van der Waals surface area contributed by atoms with E-state index in [0.717, 1.165) is 62.1 Å². The molecule has 0 bridgehead atoms. The van der Waals surface area contributed by atoms with E-state index >= 15 is 0 Å². The maximum Gasteiger partial charge on any atom is 0.226 e. The molecule has 0 spiro atoms. The molecule has 1 amide bonds. The average Bonchev–Trinajstić information content (AvgIpc) is 3.31. The molecule has 1 aliphatic heterocycles. The molecule has 1 aromatic carbocycles. The quantitative estimate of drug-likeness (QED) is 0.856. The van der Waals surface area contributed by atoms with Crippen LogP contribution in [0, 0.1) is 5.92 Å². The molecule has 2 aromatic rings. The van der Waals surface area contributed by atoms with Crippen LogP contribution in [0.3, 0.4) is 0 Å². The number of rotatable bonds is 3. The van der Waals surface area contributed by atoms with Gasteiger partial charge in [-0.15, -0.1) is 24.8 Å². The molecule has 4 rings (SSSR count). The van der Waals surface area contributed by atoms with E-state index in [4.69, 9.17) is 10.7 Å². The van der Waals surface area contributed by atoms with Crippen molar-refractivity contribution in [3.05, 3.63) is 30.1 Å². The fraction of sp³-hybridized carbons (Fsp3) is 0.579. The second kappa shape index (κ2) is 8.59. The molecule has 1 saturated carbocycles. The lowest BCUT2D eigenvalue weighted by molar-refractivity contribution is -0.136. The van der Waals surface area contributed by atoms with Crippen molar-refractivity contribution < 1.29 is 4.79 Å². The van der Waals surface area contributed by atoms with Gasteiger partial charge in [0.1, 0.15) is 5.82 Å². The minimum atomic E-state index is 0. The smallest absolute Gasteiger partial charge is 0.226 e. The van der Waals surface area contributed by atoms with Gasteiger partial charge in [0.25, 0.3) is 0 Å². The van der Waals surface area contributed by atoms with Crippen LogP contribution in [0.15, 0.2) is 24.3 Å². The van der Waals surface area contributed by atoms with Gasteiger partial charge in [0, 0.05) is 25.0 Å². The Morgan fingerprint density at radius 3 is 2.69 bits per heavy atom. The number of hydrogen-bond acceptors (Lipinski definition) is 3. The third-order valence-electron chi connectivity index (χ3n) is 5.66. The van der Waals surface area contributed by atoms with Crippen molar-refractivity contribution in [3.63, 3.8) is 0 Å². The molecule has 26 heavy (non-hydrogen) atoms. The number of carbonyl (C=O) groups excluding carboxylic acids is 1. The minimum Gasteiger partial charge on any atom is -0.332 e. The van der Waals surface area contributed by atoms with Gasteiger partial charge >= 0.3 is 0 Å². The van der Waals surface area contributed by atoms with E-state index in [1.165, 1.54) is 0 Å². The summed E-state index contributed by atoms with van der Waals surface area (Å²) in [6, 6.07) is 8.56. The number of aromatic nitrogens is 2. The molecule has 1 aliphatic carbocycles. The number of aryl methyl sites for hydroxylation is 1. The van der Waals surface area contributed by atoms with Gasteiger partial charge in [-0.05, 0) is 51.2 Å². The van der Waals surface area contributed by atoms with Crippen LogP contribution in [-0.2, 0) is 11.3 Å². The zero-order chi connectivity index (χ0) is 16.7. The molecule has 144 valence electrons. The molecule has 1 aromatic heterocycles. The van der Waals surface area contributed by atoms with E-state index in [2.05, 4.69) is 34.6 Å². The lowest BCUT2D eigenvalue weighted by atomic mass is 10.1. The second-order valence-corrected chi connectivity index (χ2v) is 7.16. The van der Waals surface area contributed by atoms with Gasteiger partial charge in [-0.2, -0.15) is 0 Å². The Labute approximate surface area is 167 Å². The highest BCUT2D eigenvalue weighted by atomic mass is 35.5. The van der Waals surface area contributed by atoms with Crippen LogP contribution in [0.25, 0.3) is 11.0 Å². The molecule has 3 unspecified atom stereocenters. The third-order valence-corrected chi connectivity index (χ3v) is 5.66. The molecular weight excluding hydrogens is 371 g/mol. The van der Waals surface area contributed by atoms with Gasteiger partial charge in [0.15, 0.2) is 0 Å². The number of benzene rings is 1. The number of halogens is 2. The summed E-state index contributed by atoms with van der Waals surface area (Å²) in [7, 11) is 0. The minimum absolute atomic E-state index is 0. The van der Waals surface area contributed by atoms with Crippen molar-refractivity contribution >= 4 is 41.8 Å². The van der Waals surface area contributed by atoms with Crippen LogP contribution in [0.1, 0.15) is 50.9 Å². The zero-order valence-electron chi connectivity index (χ0n) is 15.1. The first kappa shape index (κ1) is 21.0. The number of imidazole rings is 1. The van der Waals surface area contributed by atoms with Gasteiger partial charge in [-0.3, -0.25) is 4.79 Å². The summed E-state index contributed by atoms with van der Waals surface area (Å²) >= 11 is 0. The van der Waals surface area contributed by atoms with E-state index in [0.29, 0.717) is 5.91 Å². The third kappa shape index (κ3) is 3.57. The number of carbonyl (C=O) groups is 1. The molecule has 2 N–H and O–H groups in total. The molecule has 7 heteroatoms. The Bertz CT molecular complexity index is 763. The molecule has 2 heterocycles. The van der Waals surface area contributed by atoms with Crippen molar-refractivity contribution in [2.45, 2.75) is 57.7 Å². The normalized spacial score (nSPS) is 25.2. The average molecular weight is 399 g/mol. The number of nitrogens with zero attached hydrogens (tertiary/aromatic N) is 3. The highest BCUT2D eigenvalue weighted by Gasteiger charge is 2.38. The van der Waals surface area contributed by atoms with Crippen LogP contribution >= 0.6 is 24.8 Å². The van der Waals surface area contributed by atoms with Crippen molar-refractivity contribution in [3.8, 4) is 0 Å². The van der Waals surface area contributed by atoms with Crippen LogP contribution in [0.4, 0.5) is 0 Å². The predicted molar refractivity (Wildman–Crippen MR) is 109 cm³/mol. The van der Waals surface area contributed by atoms with Gasteiger partial charge in [0.05, 0.1) is 17.1 Å². The summed E-state index contributed by atoms with van der Waals surface area (Å²) in [6.07, 6.45) is 4.82. The maximum absolute atomic E-state index is 13.0. The van der Waals surface area contributed by atoms with Crippen LogP contribution < -0.4 is 5.73 Å². The van der Waals surface area contributed by atoms with Crippen LogP contribution in [-0.4, -0.2) is 32.9 Å². The lowest BCUT2D eigenvalue weighted by Crippen LogP contribution is -2.36. The van der Waals surface area contributed by atoms with Crippen molar-refractivity contribution in [1.29, 1.82) is 0 Å². The summed E-state index contributed by atoms with van der Waals surface area (Å²) in [4.78, 5) is 20.0. The number of nitrogens with two attached hydrogens (primary N) is 1. The monoisotopic (exact) mass is 398 g/mol. The van der Waals surface area contributed by atoms with E-state index in [-0.39, 0.29) is 42.8 Å². The second-order valence-electron chi connectivity index (χ2n) is 7.16. The van der Waals surface area contributed by atoms with E-state index in [1.807, 2.05) is 6.07 Å².